The summed E-state index contributed by atoms with van der Waals surface area (Å²) >= 11 is 5.59. The van der Waals surface area contributed by atoms with Crippen LogP contribution in [0.1, 0.15) is 52.5 Å². The average molecular weight is 415 g/mol. The molecule has 2 aromatic rings. The van der Waals surface area contributed by atoms with Gasteiger partial charge in [-0.15, -0.1) is 0 Å². The maximum absolute atomic E-state index is 11.8. The molecule has 6 heteroatoms. The zero-order valence-electron chi connectivity index (χ0n) is 18.0. The summed E-state index contributed by atoms with van der Waals surface area (Å²) in [7, 11) is 0. The largest absolute Gasteiger partial charge is 0.365 e. The fraction of sp³-hybridized carbons (Fsp3) is 0.478. The minimum atomic E-state index is -0.436. The van der Waals surface area contributed by atoms with Crippen molar-refractivity contribution in [1.29, 1.82) is 0 Å². The number of aromatic nitrogens is 1. The number of rotatable bonds is 6. The highest BCUT2D eigenvalue weighted by atomic mass is 32.1. The van der Waals surface area contributed by atoms with Crippen LogP contribution < -0.4 is 15.5 Å². The summed E-state index contributed by atoms with van der Waals surface area (Å²) in [6.45, 7) is 14.8. The topological polar surface area (TPSA) is 56.9 Å². The Kier molecular flexibility index (Phi) is 6.88. The zero-order chi connectivity index (χ0) is 21.1. The van der Waals surface area contributed by atoms with Gasteiger partial charge in [0.2, 0.25) is 0 Å². The van der Waals surface area contributed by atoms with Crippen molar-refractivity contribution in [2.75, 3.05) is 26.2 Å². The fourth-order valence-electron chi connectivity index (χ4n) is 4.25. The zero-order valence-corrected chi connectivity index (χ0v) is 18.9. The number of benzene rings is 1. The Morgan fingerprint density at radius 3 is 2.24 bits per heavy atom. The van der Waals surface area contributed by atoms with Crippen molar-refractivity contribution >= 4 is 18.1 Å². The van der Waals surface area contributed by atoms with Crippen LogP contribution in [0.4, 0.5) is 0 Å². The first-order valence-electron chi connectivity index (χ1n) is 10.5. The Morgan fingerprint density at radius 1 is 1.10 bits per heavy atom. The smallest absolute Gasteiger partial charge is 0.251 e. The lowest BCUT2D eigenvalue weighted by molar-refractivity contribution is -1.03. The molecule has 0 atom stereocenters. The van der Waals surface area contributed by atoms with Crippen molar-refractivity contribution < 1.29 is 14.6 Å². The van der Waals surface area contributed by atoms with Gasteiger partial charge < -0.3 is 15.5 Å². The fourth-order valence-corrected chi connectivity index (χ4v) is 4.72. The third-order valence-electron chi connectivity index (χ3n) is 6.10. The van der Waals surface area contributed by atoms with Crippen LogP contribution >= 0.6 is 12.2 Å². The van der Waals surface area contributed by atoms with Crippen LogP contribution in [0, 0.1) is 18.5 Å². The third-order valence-corrected chi connectivity index (χ3v) is 6.52. The summed E-state index contributed by atoms with van der Waals surface area (Å²) in [4.78, 5) is 14.9. The minimum absolute atomic E-state index is 0.436. The molecule has 0 radical (unpaired) electrons. The number of hydrogen-bond donors (Lipinski definition) is 3. The number of quaternary nitrogens is 2. The quantitative estimate of drug-likeness (QED) is 0.618. The van der Waals surface area contributed by atoms with Gasteiger partial charge in [0.15, 0.2) is 6.67 Å². The maximum Gasteiger partial charge on any atom is 0.251 e. The van der Waals surface area contributed by atoms with Crippen LogP contribution in [0.25, 0.3) is 0 Å². The van der Waals surface area contributed by atoms with Crippen LogP contribution in [0.5, 0.6) is 0 Å². The van der Waals surface area contributed by atoms with Crippen LogP contribution in [0.15, 0.2) is 30.3 Å². The van der Waals surface area contributed by atoms with Crippen molar-refractivity contribution in [3.8, 4) is 0 Å². The maximum atomic E-state index is 11.8. The van der Waals surface area contributed by atoms with E-state index in [-0.39, 0.29) is 0 Å². The number of nitrogens with two attached hydrogens (primary N) is 1. The first-order chi connectivity index (χ1) is 13.8. The normalized spacial score (nSPS) is 19.5. The summed E-state index contributed by atoms with van der Waals surface area (Å²) in [5.74, 6) is 0.143. The molecular weight excluding hydrogens is 380 g/mol. The van der Waals surface area contributed by atoms with Gasteiger partial charge in [0, 0.05) is 11.3 Å². The van der Waals surface area contributed by atoms with Gasteiger partial charge in [0.1, 0.15) is 37.4 Å². The molecule has 1 aliphatic rings. The molecule has 1 saturated heterocycles. The van der Waals surface area contributed by atoms with E-state index in [2.05, 4.69) is 49.6 Å². The molecule has 1 aromatic carbocycles. The van der Waals surface area contributed by atoms with Crippen molar-refractivity contribution in [1.82, 2.24) is 4.57 Å². The average Bonchev–Trinajstić information content (AvgIpc) is 2.66. The molecule has 1 fully saturated rings. The summed E-state index contributed by atoms with van der Waals surface area (Å²) in [5, 5.41) is 0. The van der Waals surface area contributed by atoms with Crippen LogP contribution in [0.3, 0.4) is 0 Å². The molecule has 0 saturated carbocycles. The highest BCUT2D eigenvalue weighted by molar-refractivity contribution is 7.71. The van der Waals surface area contributed by atoms with E-state index in [0.29, 0.717) is 16.1 Å². The number of pyridine rings is 1. The van der Waals surface area contributed by atoms with E-state index in [0.717, 1.165) is 50.6 Å². The standard InChI is InChI=1S/C23H32N4OS/c1-16(2)20-7-5-19(6-8-20)14-25-9-11-26(12-10-25)15-27-18(4)13-17(3)21(22(24)28)23(27)29/h5-8,13,16H,9-12,14-15H2,1-4H3,(H2,24,28)/p+2. The molecule has 156 valence electrons. The Bertz CT molecular complexity index is 925. The molecule has 0 unspecified atom stereocenters. The van der Waals surface area contributed by atoms with Gasteiger partial charge >= 0.3 is 0 Å². The second-order valence-electron chi connectivity index (χ2n) is 8.67. The molecule has 1 aliphatic heterocycles. The lowest BCUT2D eigenvalue weighted by Gasteiger charge is -2.31. The van der Waals surface area contributed by atoms with Crippen LogP contribution in [-0.2, 0) is 13.2 Å². The monoisotopic (exact) mass is 414 g/mol. The molecule has 2 heterocycles. The molecule has 0 spiro atoms. The van der Waals surface area contributed by atoms with Gasteiger partial charge in [-0.25, -0.2) is 0 Å². The molecular formula is C23H34N4OS+2. The number of primary amides is 1. The predicted molar refractivity (Wildman–Crippen MR) is 119 cm³/mol. The van der Waals surface area contributed by atoms with E-state index in [4.69, 9.17) is 18.0 Å². The van der Waals surface area contributed by atoms with Gasteiger partial charge in [-0.1, -0.05) is 50.3 Å². The molecule has 29 heavy (non-hydrogen) atoms. The van der Waals surface area contributed by atoms with Gasteiger partial charge in [-0.3, -0.25) is 9.36 Å². The number of carbonyl (C=O) groups is 1. The minimum Gasteiger partial charge on any atom is -0.365 e. The van der Waals surface area contributed by atoms with Gasteiger partial charge in [-0.05, 0) is 37.0 Å². The van der Waals surface area contributed by atoms with Gasteiger partial charge in [0.05, 0.1) is 5.56 Å². The molecule has 4 N–H and O–H groups in total. The molecule has 0 bridgehead atoms. The number of hydrogen-bond acceptors (Lipinski definition) is 2. The highest BCUT2D eigenvalue weighted by Gasteiger charge is 2.24. The third kappa shape index (κ3) is 5.13. The Morgan fingerprint density at radius 2 is 1.69 bits per heavy atom. The lowest BCUT2D eigenvalue weighted by Crippen LogP contribution is -3.27. The van der Waals surface area contributed by atoms with Gasteiger partial charge in [-0.2, -0.15) is 0 Å². The predicted octanol–water partition coefficient (Wildman–Crippen LogP) is 0.998. The number of amides is 1. The number of aryl methyl sites for hydroxylation is 2. The Hall–Kier alpha value is -2.02. The van der Waals surface area contributed by atoms with Crippen molar-refractivity contribution in [2.24, 2.45) is 5.73 Å². The van der Waals surface area contributed by atoms with E-state index < -0.39 is 5.91 Å². The van der Waals surface area contributed by atoms with E-state index in [1.54, 1.807) is 4.90 Å². The molecule has 3 rings (SSSR count). The van der Waals surface area contributed by atoms with Crippen LogP contribution in [0.2, 0.25) is 0 Å². The Balaban J connectivity index is 1.61. The lowest BCUT2D eigenvalue weighted by atomic mass is 10.0. The first-order valence-corrected chi connectivity index (χ1v) is 10.9. The van der Waals surface area contributed by atoms with E-state index in [1.165, 1.54) is 16.0 Å². The van der Waals surface area contributed by atoms with Crippen LogP contribution in [-0.4, -0.2) is 36.7 Å². The van der Waals surface area contributed by atoms with E-state index in [9.17, 15) is 4.79 Å². The molecule has 5 nitrogen and oxygen atoms in total. The second-order valence-corrected chi connectivity index (χ2v) is 9.06. The highest BCUT2D eigenvalue weighted by Crippen LogP contribution is 2.14. The van der Waals surface area contributed by atoms with Crippen molar-refractivity contribution in [2.45, 2.75) is 46.8 Å². The van der Waals surface area contributed by atoms with Crippen molar-refractivity contribution in [3.63, 3.8) is 0 Å². The SMILES string of the molecule is Cc1cc(C)n(C[NH+]2CC[NH+](Cc3ccc(C(C)C)cc3)CC2)c(=S)c1C(N)=O. The molecule has 0 aliphatic carbocycles. The number of piperazine rings is 1. The summed E-state index contributed by atoms with van der Waals surface area (Å²) in [6.07, 6.45) is 0. The number of nitrogens with one attached hydrogen (secondary N) is 2. The molecule has 1 amide bonds. The van der Waals surface area contributed by atoms with E-state index in [1.807, 2.05) is 13.0 Å². The summed E-state index contributed by atoms with van der Waals surface area (Å²) in [5.41, 5.74) is 10.8. The Labute approximate surface area is 179 Å². The number of carbonyl (C=O) groups excluding carboxylic acids is 1. The number of nitrogens with zero attached hydrogens (tertiary/aromatic N) is 1. The van der Waals surface area contributed by atoms with Crippen molar-refractivity contribution in [3.05, 3.63) is 62.9 Å². The molecule has 1 aromatic heterocycles. The van der Waals surface area contributed by atoms with E-state index >= 15 is 0 Å². The van der Waals surface area contributed by atoms with Gasteiger partial charge in [0.25, 0.3) is 5.91 Å². The first kappa shape index (κ1) is 21.7. The summed E-state index contributed by atoms with van der Waals surface area (Å²) in [6, 6.07) is 11.1. The second kappa shape index (κ2) is 9.20. The summed E-state index contributed by atoms with van der Waals surface area (Å²) < 4.78 is 2.65.